The van der Waals surface area contributed by atoms with E-state index in [0.717, 1.165) is 10.6 Å². The van der Waals surface area contributed by atoms with Crippen LogP contribution < -0.4 is 4.74 Å². The van der Waals surface area contributed by atoms with Gasteiger partial charge in [0.05, 0.1) is 13.4 Å². The van der Waals surface area contributed by atoms with Gasteiger partial charge >= 0.3 is 5.97 Å². The molecule has 0 unspecified atom stereocenters. The quantitative estimate of drug-likeness (QED) is 0.818. The summed E-state index contributed by atoms with van der Waals surface area (Å²) >= 11 is 0. The van der Waals surface area contributed by atoms with Crippen molar-refractivity contribution in [1.29, 1.82) is 0 Å². The monoisotopic (exact) mass is 273 g/mol. The normalized spacial score (nSPS) is 11.5. The first-order valence-electron chi connectivity index (χ1n) is 5.13. The largest absolute Gasteiger partial charge is 0.497 e. The highest BCUT2D eigenvalue weighted by Crippen LogP contribution is 2.14. The van der Waals surface area contributed by atoms with Crippen molar-refractivity contribution in [2.24, 2.45) is 0 Å². The molecule has 18 heavy (non-hydrogen) atoms. The lowest BCUT2D eigenvalue weighted by molar-refractivity contribution is -0.137. The fraction of sp³-hybridized carbons (Fsp3) is 0.364. The number of methoxy groups -OCH3 is 1. The summed E-state index contributed by atoms with van der Waals surface area (Å²) in [4.78, 5) is 10.6. The third-order valence-electron chi connectivity index (χ3n) is 2.30. The van der Waals surface area contributed by atoms with E-state index in [4.69, 9.17) is 9.84 Å². The third-order valence-corrected chi connectivity index (χ3v) is 3.49. The molecule has 0 aromatic heterocycles. The van der Waals surface area contributed by atoms with Gasteiger partial charge in [0.15, 0.2) is 0 Å². The van der Waals surface area contributed by atoms with E-state index in [1.165, 1.54) is 7.11 Å². The van der Waals surface area contributed by atoms with Crippen LogP contribution >= 0.6 is 0 Å². The van der Waals surface area contributed by atoms with Gasteiger partial charge in [0.25, 0.3) is 0 Å². The van der Waals surface area contributed by atoms with E-state index in [1.807, 2.05) is 0 Å². The van der Waals surface area contributed by atoms with E-state index in [9.17, 15) is 13.2 Å². The Hall–Kier alpha value is -1.60. The Balaban J connectivity index is 2.85. The first kappa shape index (κ1) is 14.5. The molecule has 0 bridgehead atoms. The number of hydrogen-bond donors (Lipinski definition) is 1. The summed E-state index contributed by atoms with van der Waals surface area (Å²) in [6, 6.07) is 6.77. The lowest BCUT2D eigenvalue weighted by Crippen LogP contribution is -2.34. The topological polar surface area (TPSA) is 83.9 Å². The van der Waals surface area contributed by atoms with Gasteiger partial charge in [-0.05, 0) is 17.7 Å². The van der Waals surface area contributed by atoms with E-state index in [2.05, 4.69) is 0 Å². The second-order valence-electron chi connectivity index (χ2n) is 3.77. The molecule has 0 spiro atoms. The van der Waals surface area contributed by atoms with Crippen molar-refractivity contribution >= 4 is 16.0 Å². The second-order valence-corrected chi connectivity index (χ2v) is 5.76. The fourth-order valence-corrected chi connectivity index (χ4v) is 2.10. The van der Waals surface area contributed by atoms with Gasteiger partial charge in [0, 0.05) is 6.54 Å². The molecule has 1 N–H and O–H groups in total. The Labute approximate surface area is 106 Å². The highest BCUT2D eigenvalue weighted by atomic mass is 32.2. The Morgan fingerprint density at radius 2 is 1.89 bits per heavy atom. The Morgan fingerprint density at radius 3 is 2.28 bits per heavy atom. The summed E-state index contributed by atoms with van der Waals surface area (Å²) in [5, 5.41) is 8.68. The maximum Gasteiger partial charge on any atom is 0.318 e. The molecule has 0 aliphatic carbocycles. The van der Waals surface area contributed by atoms with Crippen molar-refractivity contribution < 1.29 is 23.1 Å². The van der Waals surface area contributed by atoms with Crippen LogP contribution in [-0.4, -0.2) is 43.7 Å². The van der Waals surface area contributed by atoms with Crippen LogP contribution in [0.15, 0.2) is 24.3 Å². The van der Waals surface area contributed by atoms with Gasteiger partial charge in [-0.15, -0.1) is 0 Å². The first-order chi connectivity index (χ1) is 8.32. The molecule has 100 valence electrons. The van der Waals surface area contributed by atoms with Gasteiger partial charge in [-0.25, -0.2) is 8.42 Å². The molecular weight excluding hydrogens is 258 g/mol. The molecule has 7 heteroatoms. The summed E-state index contributed by atoms with van der Waals surface area (Å²) in [5.41, 5.74) is 0.697. The van der Waals surface area contributed by atoms with Crippen LogP contribution in [0.4, 0.5) is 0 Å². The Morgan fingerprint density at radius 1 is 1.33 bits per heavy atom. The maximum absolute atomic E-state index is 11.4. The smallest absolute Gasteiger partial charge is 0.318 e. The highest BCUT2D eigenvalue weighted by molar-refractivity contribution is 7.88. The molecule has 0 saturated heterocycles. The van der Waals surface area contributed by atoms with Crippen LogP contribution in [0.2, 0.25) is 0 Å². The molecule has 0 fully saturated rings. The van der Waals surface area contributed by atoms with Crippen molar-refractivity contribution in [1.82, 2.24) is 4.31 Å². The molecule has 0 saturated carbocycles. The number of benzene rings is 1. The summed E-state index contributed by atoms with van der Waals surface area (Å²) in [6.07, 6.45) is 0.986. The van der Waals surface area contributed by atoms with Gasteiger partial charge in [-0.2, -0.15) is 4.31 Å². The Kier molecular flexibility index (Phi) is 4.69. The van der Waals surface area contributed by atoms with Gasteiger partial charge in [-0.1, -0.05) is 12.1 Å². The van der Waals surface area contributed by atoms with Crippen molar-refractivity contribution in [3.8, 4) is 5.75 Å². The molecule has 0 radical (unpaired) electrons. The number of carboxylic acid groups (broad SMARTS) is 1. The SMILES string of the molecule is COc1ccc(CN(CC(=O)O)S(C)(=O)=O)cc1. The molecule has 1 rings (SSSR count). The summed E-state index contributed by atoms with van der Waals surface area (Å²) in [5.74, 6) is -0.531. The minimum Gasteiger partial charge on any atom is -0.497 e. The van der Waals surface area contributed by atoms with E-state index < -0.39 is 22.5 Å². The summed E-state index contributed by atoms with van der Waals surface area (Å²) < 4.78 is 28.7. The molecule has 1 aromatic rings. The van der Waals surface area contributed by atoms with Crippen molar-refractivity contribution in [3.63, 3.8) is 0 Å². The fourth-order valence-electron chi connectivity index (χ4n) is 1.38. The molecular formula is C11H15NO5S. The average Bonchev–Trinajstić information content (AvgIpc) is 2.27. The number of carboxylic acids is 1. The zero-order valence-electron chi connectivity index (χ0n) is 10.2. The van der Waals surface area contributed by atoms with Crippen LogP contribution in [0.3, 0.4) is 0 Å². The van der Waals surface area contributed by atoms with E-state index in [0.29, 0.717) is 11.3 Å². The molecule has 6 nitrogen and oxygen atoms in total. The zero-order chi connectivity index (χ0) is 13.8. The van der Waals surface area contributed by atoms with E-state index in [-0.39, 0.29) is 6.54 Å². The summed E-state index contributed by atoms with van der Waals surface area (Å²) in [7, 11) is -2.02. The number of sulfonamides is 1. The van der Waals surface area contributed by atoms with Crippen LogP contribution in [0, 0.1) is 0 Å². The number of aliphatic carboxylic acids is 1. The van der Waals surface area contributed by atoms with Gasteiger partial charge in [0.1, 0.15) is 12.3 Å². The molecule has 0 heterocycles. The lowest BCUT2D eigenvalue weighted by Gasteiger charge is -2.17. The van der Waals surface area contributed by atoms with Crippen LogP contribution in [-0.2, 0) is 21.4 Å². The van der Waals surface area contributed by atoms with Crippen molar-refractivity contribution in [2.75, 3.05) is 19.9 Å². The summed E-state index contributed by atoms with van der Waals surface area (Å²) in [6.45, 7) is -0.528. The molecule has 1 aromatic carbocycles. The standard InChI is InChI=1S/C11H15NO5S/c1-17-10-5-3-9(4-6-10)7-12(8-11(13)14)18(2,15)16/h3-6H,7-8H2,1-2H3,(H,13,14). The van der Waals surface area contributed by atoms with E-state index in [1.54, 1.807) is 24.3 Å². The average molecular weight is 273 g/mol. The number of hydrogen-bond acceptors (Lipinski definition) is 4. The molecule has 0 atom stereocenters. The Bertz CT molecular complexity index is 509. The highest BCUT2D eigenvalue weighted by Gasteiger charge is 2.19. The van der Waals surface area contributed by atoms with Gasteiger partial charge in [0.2, 0.25) is 10.0 Å². The number of rotatable bonds is 6. The van der Waals surface area contributed by atoms with Crippen LogP contribution in [0.25, 0.3) is 0 Å². The lowest BCUT2D eigenvalue weighted by atomic mass is 10.2. The number of nitrogens with zero attached hydrogens (tertiary/aromatic N) is 1. The predicted molar refractivity (Wildman–Crippen MR) is 65.9 cm³/mol. The van der Waals surface area contributed by atoms with Crippen LogP contribution in [0.1, 0.15) is 5.56 Å². The van der Waals surface area contributed by atoms with Gasteiger partial charge < -0.3 is 9.84 Å². The van der Waals surface area contributed by atoms with Crippen molar-refractivity contribution in [3.05, 3.63) is 29.8 Å². The molecule has 0 aliphatic rings. The van der Waals surface area contributed by atoms with Crippen LogP contribution in [0.5, 0.6) is 5.75 Å². The second kappa shape index (κ2) is 5.83. The first-order valence-corrected chi connectivity index (χ1v) is 6.97. The van der Waals surface area contributed by atoms with E-state index >= 15 is 0 Å². The van der Waals surface area contributed by atoms with Gasteiger partial charge in [-0.3, -0.25) is 4.79 Å². The maximum atomic E-state index is 11.4. The zero-order valence-corrected chi connectivity index (χ0v) is 11.0. The minimum absolute atomic E-state index is 0.0229. The third kappa shape index (κ3) is 4.34. The minimum atomic E-state index is -3.55. The molecule has 0 amide bonds. The van der Waals surface area contributed by atoms with Crippen molar-refractivity contribution in [2.45, 2.75) is 6.54 Å². The molecule has 0 aliphatic heterocycles. The number of ether oxygens (including phenoxy) is 1. The number of carbonyl (C=O) groups is 1. The predicted octanol–water partition coefficient (Wildman–Crippen LogP) is 0.541.